The van der Waals surface area contributed by atoms with Gasteiger partial charge in [-0.2, -0.15) is 0 Å². The van der Waals surface area contributed by atoms with Crippen molar-refractivity contribution >= 4 is 11.7 Å². The number of urea groups is 1. The van der Waals surface area contributed by atoms with Crippen LogP contribution in [0.3, 0.4) is 0 Å². The summed E-state index contributed by atoms with van der Waals surface area (Å²) in [6.45, 7) is 4.26. The van der Waals surface area contributed by atoms with E-state index < -0.39 is 0 Å². The second-order valence-electron chi connectivity index (χ2n) is 4.21. The predicted molar refractivity (Wildman–Crippen MR) is 72.2 cm³/mol. The van der Waals surface area contributed by atoms with Gasteiger partial charge in [0.1, 0.15) is 0 Å². The fourth-order valence-electron chi connectivity index (χ4n) is 1.70. The summed E-state index contributed by atoms with van der Waals surface area (Å²) in [4.78, 5) is 11.7. The number of carbonyl (C=O) groups excluding carboxylic acids is 1. The predicted octanol–water partition coefficient (Wildman–Crippen LogP) is 3.78. The largest absolute Gasteiger partial charge is 0.335 e. The highest BCUT2D eigenvalue weighted by atomic mass is 16.2. The number of hydrogen-bond acceptors (Lipinski definition) is 1. The first kappa shape index (κ1) is 13.6. The van der Waals surface area contributed by atoms with Crippen LogP contribution >= 0.6 is 0 Å². The summed E-state index contributed by atoms with van der Waals surface area (Å²) in [5.74, 6) is 0. The van der Waals surface area contributed by atoms with E-state index in [1.807, 2.05) is 30.3 Å². The molecule has 1 aromatic rings. The first-order chi connectivity index (χ1) is 8.26. The average Bonchev–Trinajstić information content (AvgIpc) is 2.35. The van der Waals surface area contributed by atoms with Crippen molar-refractivity contribution in [3.8, 4) is 0 Å². The maximum absolute atomic E-state index is 11.7. The van der Waals surface area contributed by atoms with E-state index in [-0.39, 0.29) is 12.1 Å². The molecule has 0 radical (unpaired) electrons. The van der Waals surface area contributed by atoms with Crippen molar-refractivity contribution in [2.45, 2.75) is 45.6 Å². The third kappa shape index (κ3) is 5.38. The summed E-state index contributed by atoms with van der Waals surface area (Å²) in [5, 5.41) is 5.83. The highest BCUT2D eigenvalue weighted by Crippen LogP contribution is 2.07. The smallest absolute Gasteiger partial charge is 0.319 e. The van der Waals surface area contributed by atoms with Gasteiger partial charge in [-0.15, -0.1) is 0 Å². The number of nitrogens with one attached hydrogen (secondary N) is 2. The molecule has 0 fully saturated rings. The van der Waals surface area contributed by atoms with Crippen molar-refractivity contribution < 1.29 is 4.79 Å². The van der Waals surface area contributed by atoms with Crippen LogP contribution in [0.5, 0.6) is 0 Å². The lowest BCUT2D eigenvalue weighted by Crippen LogP contribution is -2.37. The summed E-state index contributed by atoms with van der Waals surface area (Å²) in [7, 11) is 0. The molecule has 1 atom stereocenters. The Hall–Kier alpha value is -1.51. The number of hydrogen-bond donors (Lipinski definition) is 2. The van der Waals surface area contributed by atoms with Crippen LogP contribution in [0.15, 0.2) is 30.3 Å². The van der Waals surface area contributed by atoms with E-state index in [4.69, 9.17) is 0 Å². The van der Waals surface area contributed by atoms with E-state index in [0.717, 1.165) is 24.9 Å². The molecule has 3 heteroatoms. The second kappa shape index (κ2) is 7.71. The molecule has 0 spiro atoms. The molecule has 0 aliphatic heterocycles. The number of para-hydroxylation sites is 1. The SMILES string of the molecule is CCCCC(CC)NC(=O)Nc1ccccc1. The number of benzene rings is 1. The Balaban J connectivity index is 2.37. The van der Waals surface area contributed by atoms with Crippen LogP contribution in [-0.2, 0) is 0 Å². The van der Waals surface area contributed by atoms with Gasteiger partial charge in [-0.3, -0.25) is 0 Å². The Morgan fingerprint density at radius 2 is 1.94 bits per heavy atom. The van der Waals surface area contributed by atoms with Crippen LogP contribution in [0, 0.1) is 0 Å². The van der Waals surface area contributed by atoms with Crippen molar-refractivity contribution in [1.82, 2.24) is 5.32 Å². The van der Waals surface area contributed by atoms with Crippen LogP contribution in [-0.4, -0.2) is 12.1 Å². The van der Waals surface area contributed by atoms with Gasteiger partial charge in [0.2, 0.25) is 0 Å². The fourth-order valence-corrected chi connectivity index (χ4v) is 1.70. The molecule has 0 saturated heterocycles. The Morgan fingerprint density at radius 1 is 1.24 bits per heavy atom. The zero-order valence-electron chi connectivity index (χ0n) is 10.7. The lowest BCUT2D eigenvalue weighted by Gasteiger charge is -2.17. The number of unbranched alkanes of at least 4 members (excludes halogenated alkanes) is 1. The van der Waals surface area contributed by atoms with Crippen molar-refractivity contribution in [3.05, 3.63) is 30.3 Å². The van der Waals surface area contributed by atoms with Gasteiger partial charge in [-0.05, 0) is 25.0 Å². The summed E-state index contributed by atoms with van der Waals surface area (Å²) >= 11 is 0. The Bertz CT molecular complexity index is 324. The van der Waals surface area contributed by atoms with Crippen LogP contribution in [0.2, 0.25) is 0 Å². The highest BCUT2D eigenvalue weighted by molar-refractivity contribution is 5.89. The first-order valence-electron chi connectivity index (χ1n) is 6.38. The summed E-state index contributed by atoms with van der Waals surface area (Å²) < 4.78 is 0. The first-order valence-corrected chi connectivity index (χ1v) is 6.38. The van der Waals surface area contributed by atoms with E-state index in [0.29, 0.717) is 0 Å². The molecule has 1 rings (SSSR count). The van der Waals surface area contributed by atoms with Gasteiger partial charge in [0.05, 0.1) is 0 Å². The molecule has 0 heterocycles. The summed E-state index contributed by atoms with van der Waals surface area (Å²) in [6, 6.07) is 9.67. The standard InChI is InChI=1S/C14H22N2O/c1-3-5-9-12(4-2)15-14(17)16-13-10-7-6-8-11-13/h6-8,10-12H,3-5,9H2,1-2H3,(H2,15,16,17). The molecule has 2 amide bonds. The van der Waals surface area contributed by atoms with Crippen LogP contribution < -0.4 is 10.6 Å². The number of rotatable bonds is 6. The molecule has 17 heavy (non-hydrogen) atoms. The normalized spacial score (nSPS) is 11.9. The van der Waals surface area contributed by atoms with Crippen LogP contribution in [0.4, 0.5) is 10.5 Å². The second-order valence-corrected chi connectivity index (χ2v) is 4.21. The number of amides is 2. The van der Waals surface area contributed by atoms with Crippen molar-refractivity contribution in [2.24, 2.45) is 0 Å². The molecule has 0 saturated carbocycles. The Kier molecular flexibility index (Phi) is 6.15. The topological polar surface area (TPSA) is 41.1 Å². The molecule has 0 aliphatic carbocycles. The zero-order valence-corrected chi connectivity index (χ0v) is 10.7. The molecular weight excluding hydrogens is 212 g/mol. The van der Waals surface area contributed by atoms with E-state index in [2.05, 4.69) is 24.5 Å². The van der Waals surface area contributed by atoms with E-state index in [1.54, 1.807) is 0 Å². The van der Waals surface area contributed by atoms with Crippen molar-refractivity contribution in [2.75, 3.05) is 5.32 Å². The third-order valence-corrected chi connectivity index (χ3v) is 2.77. The minimum Gasteiger partial charge on any atom is -0.335 e. The third-order valence-electron chi connectivity index (χ3n) is 2.77. The van der Waals surface area contributed by atoms with Crippen LogP contribution in [0.25, 0.3) is 0 Å². The maximum atomic E-state index is 11.7. The maximum Gasteiger partial charge on any atom is 0.319 e. The van der Waals surface area contributed by atoms with Crippen molar-refractivity contribution in [1.29, 1.82) is 0 Å². The summed E-state index contributed by atoms with van der Waals surface area (Å²) in [6.07, 6.45) is 4.35. The fraction of sp³-hybridized carbons (Fsp3) is 0.500. The minimum absolute atomic E-state index is 0.112. The van der Waals surface area contributed by atoms with Crippen molar-refractivity contribution in [3.63, 3.8) is 0 Å². The molecule has 0 aliphatic rings. The minimum atomic E-state index is -0.112. The zero-order chi connectivity index (χ0) is 12.5. The molecule has 2 N–H and O–H groups in total. The molecule has 3 nitrogen and oxygen atoms in total. The van der Waals surface area contributed by atoms with Gasteiger partial charge in [0.15, 0.2) is 0 Å². The molecule has 94 valence electrons. The van der Waals surface area contributed by atoms with Gasteiger partial charge in [0.25, 0.3) is 0 Å². The quantitative estimate of drug-likeness (QED) is 0.772. The number of carbonyl (C=O) groups is 1. The Labute approximate surface area is 104 Å². The monoisotopic (exact) mass is 234 g/mol. The Morgan fingerprint density at radius 3 is 2.53 bits per heavy atom. The lowest BCUT2D eigenvalue weighted by atomic mass is 10.1. The molecule has 1 aromatic carbocycles. The van der Waals surface area contributed by atoms with Gasteiger partial charge >= 0.3 is 6.03 Å². The van der Waals surface area contributed by atoms with E-state index >= 15 is 0 Å². The van der Waals surface area contributed by atoms with Gasteiger partial charge in [-0.1, -0.05) is 44.9 Å². The van der Waals surface area contributed by atoms with Gasteiger partial charge in [-0.25, -0.2) is 4.79 Å². The highest BCUT2D eigenvalue weighted by Gasteiger charge is 2.09. The van der Waals surface area contributed by atoms with Crippen LogP contribution in [0.1, 0.15) is 39.5 Å². The molecule has 1 unspecified atom stereocenters. The average molecular weight is 234 g/mol. The van der Waals surface area contributed by atoms with E-state index in [9.17, 15) is 4.79 Å². The lowest BCUT2D eigenvalue weighted by molar-refractivity contribution is 0.247. The molecular formula is C14H22N2O. The van der Waals surface area contributed by atoms with Gasteiger partial charge < -0.3 is 10.6 Å². The molecule has 0 aromatic heterocycles. The number of anilines is 1. The van der Waals surface area contributed by atoms with E-state index in [1.165, 1.54) is 6.42 Å². The molecule has 0 bridgehead atoms. The summed E-state index contributed by atoms with van der Waals surface area (Å²) in [5.41, 5.74) is 0.829. The van der Waals surface area contributed by atoms with Gasteiger partial charge in [0, 0.05) is 11.7 Å².